The zero-order chi connectivity index (χ0) is 77.5. The Kier molecular flexibility index (Phi) is 18.4. The van der Waals surface area contributed by atoms with Crippen molar-refractivity contribution in [2.75, 3.05) is 16.0 Å². The van der Waals surface area contributed by atoms with E-state index in [1.54, 1.807) is 50.2 Å². The van der Waals surface area contributed by atoms with E-state index in [-0.39, 0.29) is 136 Å². The van der Waals surface area contributed by atoms with E-state index in [9.17, 15) is 81.5 Å². The molecule has 16 rings (SSSR count). The molecule has 6 N–H and O–H groups in total. The van der Waals surface area contributed by atoms with E-state index >= 15 is 0 Å². The summed E-state index contributed by atoms with van der Waals surface area (Å²) in [5.74, 6) is -1.49. The molecular weight excluding hydrogens is 1460 g/mol. The van der Waals surface area contributed by atoms with Gasteiger partial charge < -0.3 is 30.9 Å². The van der Waals surface area contributed by atoms with Gasteiger partial charge >= 0.3 is 24.7 Å². The first-order chi connectivity index (χ1) is 51.6. The topological polar surface area (TPSA) is 354 Å². The number of carbonyl (C=O) groups is 3. The van der Waals surface area contributed by atoms with Crippen LogP contribution in [-0.2, 0) is 56.1 Å². The number of rotatable bonds is 16. The number of aromatic nitrogens is 18. The van der Waals surface area contributed by atoms with Gasteiger partial charge in [0.2, 0.25) is 17.7 Å². The van der Waals surface area contributed by atoms with Gasteiger partial charge in [-0.1, -0.05) is 72.3 Å². The average molecular weight is 1520 g/mol. The van der Waals surface area contributed by atoms with Crippen LogP contribution in [0.5, 0.6) is 0 Å². The molecule has 1 saturated carbocycles. The Morgan fingerprint density at radius 3 is 1.15 bits per heavy atom. The minimum absolute atomic E-state index is 0.00394. The highest BCUT2D eigenvalue weighted by molar-refractivity contribution is 6.09. The van der Waals surface area contributed by atoms with Crippen LogP contribution in [0.25, 0.3) is 51.5 Å². The van der Waals surface area contributed by atoms with Gasteiger partial charge in [-0.05, 0) is 107 Å². The molecule has 0 bridgehead atoms. The van der Waals surface area contributed by atoms with Crippen LogP contribution < -0.4 is 32.6 Å². The molecule has 3 atom stereocenters. The number of benzene rings is 3. The molecule has 9 aromatic heterocycles. The summed E-state index contributed by atoms with van der Waals surface area (Å²) in [7, 11) is 0. The lowest BCUT2D eigenvalue weighted by Crippen LogP contribution is -2.41. The number of alkyl halides is 12. The minimum Gasteiger partial charge on any atom is -0.309 e. The largest absolute Gasteiger partial charge is 0.416 e. The molecule has 562 valence electrons. The maximum atomic E-state index is 13.5. The number of hydrogen-bond donors (Lipinski definition) is 6. The summed E-state index contributed by atoms with van der Waals surface area (Å²) in [6.07, 6.45) is -11.8. The van der Waals surface area contributed by atoms with Gasteiger partial charge in [0, 0.05) is 19.3 Å². The first-order valence-electron chi connectivity index (χ1n) is 33.6. The van der Waals surface area contributed by atoms with E-state index in [2.05, 4.69) is 91.1 Å². The Hall–Kier alpha value is -12.5. The number of fused-ring (bicyclic) bond motifs is 6. The van der Waals surface area contributed by atoms with Gasteiger partial charge in [-0.15, -0.1) is 0 Å². The Balaban J connectivity index is 0.000000137. The second-order valence-electron chi connectivity index (χ2n) is 26.6. The van der Waals surface area contributed by atoms with Crippen molar-refractivity contribution in [1.82, 2.24) is 88.6 Å². The molecule has 27 nitrogen and oxygen atoms in total. The van der Waals surface area contributed by atoms with Crippen LogP contribution in [0.15, 0.2) is 131 Å². The number of nitrogens with zero attached hydrogens (tertiary/aromatic N) is 15. The average Bonchev–Trinajstić information content (AvgIpc) is 1.55. The maximum absolute atomic E-state index is 13.5. The molecule has 3 unspecified atom stereocenters. The smallest absolute Gasteiger partial charge is 0.309 e. The third-order valence-electron chi connectivity index (χ3n) is 19.3. The molecule has 109 heavy (non-hydrogen) atoms. The third kappa shape index (κ3) is 14.1. The van der Waals surface area contributed by atoms with Crippen LogP contribution in [0.1, 0.15) is 127 Å². The molecule has 0 radical (unpaired) electrons. The highest BCUT2D eigenvalue weighted by atomic mass is 19.4. The summed E-state index contributed by atoms with van der Waals surface area (Å²) >= 11 is 0. The van der Waals surface area contributed by atoms with Gasteiger partial charge in [0.25, 0.3) is 16.7 Å². The number of hydrogen-bond acceptors (Lipinski definition) is 18. The highest BCUT2D eigenvalue weighted by Crippen LogP contribution is 2.55. The second-order valence-corrected chi connectivity index (χ2v) is 26.6. The zero-order valence-electron chi connectivity index (χ0n) is 57.0. The van der Waals surface area contributed by atoms with Crippen molar-refractivity contribution in [1.29, 1.82) is 0 Å². The van der Waals surface area contributed by atoms with Crippen molar-refractivity contribution >= 4 is 52.1 Å². The van der Waals surface area contributed by atoms with Crippen LogP contribution in [-0.4, -0.2) is 125 Å². The lowest BCUT2D eigenvalue weighted by Gasteiger charge is -2.27. The quantitative estimate of drug-likeness (QED) is 0.0489. The monoisotopic (exact) mass is 1520 g/mol. The van der Waals surface area contributed by atoms with Crippen LogP contribution in [0.3, 0.4) is 0 Å². The Labute approximate surface area is 603 Å². The molecule has 3 aliphatic heterocycles. The van der Waals surface area contributed by atoms with Crippen LogP contribution >= 0.6 is 0 Å². The summed E-state index contributed by atoms with van der Waals surface area (Å²) in [6.45, 7) is 5.23. The second kappa shape index (κ2) is 27.4. The van der Waals surface area contributed by atoms with Crippen molar-refractivity contribution < 1.29 is 67.1 Å². The number of amides is 3. The fourth-order valence-electron chi connectivity index (χ4n) is 13.8. The Morgan fingerprint density at radius 2 is 0.780 bits per heavy atom. The summed E-state index contributed by atoms with van der Waals surface area (Å²) in [6, 6.07) is 20.4. The van der Waals surface area contributed by atoms with Gasteiger partial charge in [-0.3, -0.25) is 28.8 Å². The van der Waals surface area contributed by atoms with Crippen molar-refractivity contribution in [3.8, 4) is 34.6 Å². The molecule has 12 aromatic rings. The van der Waals surface area contributed by atoms with Crippen molar-refractivity contribution in [2.24, 2.45) is 5.92 Å². The first kappa shape index (κ1) is 73.4. The lowest BCUT2D eigenvalue weighted by atomic mass is 9.72. The normalized spacial score (nSPS) is 18.2. The minimum atomic E-state index is -4.57. The predicted octanol–water partition coefficient (Wildman–Crippen LogP) is 10.8. The fourth-order valence-corrected chi connectivity index (χ4v) is 13.8. The van der Waals surface area contributed by atoms with Crippen LogP contribution in [0.4, 0.5) is 70.1 Å². The van der Waals surface area contributed by atoms with E-state index < -0.39 is 94.3 Å². The van der Waals surface area contributed by atoms with Crippen LogP contribution in [0.2, 0.25) is 0 Å². The summed E-state index contributed by atoms with van der Waals surface area (Å²) < 4.78 is 157. The van der Waals surface area contributed by atoms with Gasteiger partial charge in [0.05, 0.1) is 57.9 Å². The van der Waals surface area contributed by atoms with E-state index in [1.165, 1.54) is 63.3 Å². The standard InChI is InChI=1S/C25H19F6N7O2.C23H20F3N7O2.C22H18F3N7O2/c26-23(27,28)9-1-2-15-20-32-11-33-38(20)10-16(34-15)18-35-19-17(21(39)36-18)24(12-3-4-12,22(40)37-19)13-5-7-14(8-6-13)25(29,30)31;1-12-5-7-13(8-6-12)22(2)16-18(32-21(22)35)30-17(31-20(16)34)15-10-33-19(27-11-28-33)14(29-15)4-3-9-23(24,25)26;1-21(12-6-3-2-4-7-12)15-17(31-20(21)34)29-16(30-19(15)33)14-10-32-18(26-11-27-32)13(28-14)8-5-9-22(23,24)25/h5-8,10-12H,1-4,9H2,(H2,35,36,37,39,40);5-8,10-11H,3-4,9H2,1-2H3,(H2,30,31,32,34,35);2-4,6-7,10-11H,5,8-9H2,1H3,(H2,29,30,31,33,34). The number of aromatic amines is 3. The van der Waals surface area contributed by atoms with E-state index in [1.807, 2.05) is 25.1 Å². The number of halogens is 12. The Morgan fingerprint density at radius 1 is 0.431 bits per heavy atom. The Bertz CT molecular complexity index is 5770. The summed E-state index contributed by atoms with van der Waals surface area (Å²) in [5, 5.41) is 20.1. The van der Waals surface area contributed by atoms with Crippen molar-refractivity contribution in [3.05, 3.63) is 209 Å². The predicted molar refractivity (Wildman–Crippen MR) is 362 cm³/mol. The highest BCUT2D eigenvalue weighted by Gasteiger charge is 2.60. The number of anilines is 3. The third-order valence-corrected chi connectivity index (χ3v) is 19.3. The van der Waals surface area contributed by atoms with Crippen molar-refractivity contribution in [3.63, 3.8) is 0 Å². The van der Waals surface area contributed by atoms with Crippen molar-refractivity contribution in [2.45, 2.75) is 132 Å². The molecule has 39 heteroatoms. The number of aryl methyl sites for hydroxylation is 4. The van der Waals surface area contributed by atoms with E-state index in [0.29, 0.717) is 46.7 Å². The molecule has 3 aromatic carbocycles. The first-order valence-corrected chi connectivity index (χ1v) is 33.6. The molecule has 4 aliphatic rings. The van der Waals surface area contributed by atoms with Gasteiger partial charge in [0.15, 0.2) is 34.4 Å². The SMILES string of the molecule is CC1(c2ccccc2)C(=O)Nc2nc(-c3cn4ncnc4c(CCCC(F)(F)F)n3)[nH]c(=O)c21.Cc1ccc(C2(C)C(=O)Nc3nc(-c4cn5ncnc5c(CCCC(F)(F)F)n4)[nH]c(=O)c32)cc1.O=C1Nc2nc(-c3cn4ncnc4c(CCCC(F)(F)F)n3)[nH]c(=O)c2C1(c1ccc(C(F)(F)F)cc1)C1CC1. The molecule has 3 amide bonds. The number of H-pyrrole nitrogens is 3. The van der Waals surface area contributed by atoms with E-state index in [0.717, 1.165) is 17.7 Å². The maximum Gasteiger partial charge on any atom is 0.416 e. The van der Waals surface area contributed by atoms with E-state index in [4.69, 9.17) is 0 Å². The lowest BCUT2D eigenvalue weighted by molar-refractivity contribution is -0.138. The van der Waals surface area contributed by atoms with Crippen LogP contribution in [0, 0.1) is 12.8 Å². The summed E-state index contributed by atoms with van der Waals surface area (Å²) in [4.78, 5) is 126. The summed E-state index contributed by atoms with van der Waals surface area (Å²) in [5.41, 5.74) is -1.60. The fraction of sp³-hybridized carbons (Fsp3) is 0.314. The molecule has 12 heterocycles. The number of carbonyl (C=O) groups excluding carboxylic acids is 3. The van der Waals surface area contributed by atoms with Gasteiger partial charge in [-0.2, -0.15) is 68.0 Å². The molecule has 1 fully saturated rings. The molecule has 0 saturated heterocycles. The molecule has 0 spiro atoms. The van der Waals surface area contributed by atoms with Gasteiger partial charge in [0.1, 0.15) is 69.8 Å². The molecular formula is C70H57F12N21O6. The zero-order valence-corrected chi connectivity index (χ0v) is 57.0. The molecule has 1 aliphatic carbocycles. The number of nitrogens with one attached hydrogen (secondary N) is 6. The van der Waals surface area contributed by atoms with Gasteiger partial charge in [-0.25, -0.2) is 58.4 Å².